The molecule has 1 saturated heterocycles. The molecule has 4 nitrogen and oxygen atoms in total. The highest BCUT2D eigenvalue weighted by Gasteiger charge is 2.19. The van der Waals surface area contributed by atoms with Gasteiger partial charge in [0.25, 0.3) is 0 Å². The molecule has 0 radical (unpaired) electrons. The number of carbonyl (C=O) groups is 1. The minimum absolute atomic E-state index is 0.380. The van der Waals surface area contributed by atoms with Gasteiger partial charge in [0.2, 0.25) is 0 Å². The van der Waals surface area contributed by atoms with Crippen LogP contribution in [0.4, 0.5) is 0 Å². The van der Waals surface area contributed by atoms with E-state index in [2.05, 4.69) is 0 Å². The van der Waals surface area contributed by atoms with Crippen LogP contribution in [0.5, 0.6) is 0 Å². The first-order chi connectivity index (χ1) is 7.77. The van der Waals surface area contributed by atoms with Crippen molar-refractivity contribution in [2.24, 2.45) is 0 Å². The van der Waals surface area contributed by atoms with E-state index in [0.717, 1.165) is 17.2 Å². The third-order valence-corrected chi connectivity index (χ3v) is 2.28. The summed E-state index contributed by atoms with van der Waals surface area (Å²) >= 11 is 0. The Labute approximate surface area is 93.1 Å². The number of ether oxygens (including phenoxy) is 2. The summed E-state index contributed by atoms with van der Waals surface area (Å²) in [4.78, 5) is 10.5. The van der Waals surface area contributed by atoms with E-state index < -0.39 is 5.97 Å². The molecule has 0 aliphatic carbocycles. The number of hydrogen-bond donors (Lipinski definition) is 1. The molecule has 0 amide bonds. The smallest absolute Gasteiger partial charge is 0.328 e. The van der Waals surface area contributed by atoms with Crippen molar-refractivity contribution >= 4 is 12.0 Å². The maximum Gasteiger partial charge on any atom is 0.328 e. The van der Waals surface area contributed by atoms with Crippen molar-refractivity contribution in [1.29, 1.82) is 0 Å². The normalized spacial score (nSPS) is 17.0. The third kappa shape index (κ3) is 2.48. The van der Waals surface area contributed by atoms with Crippen LogP contribution in [0, 0.1) is 0 Å². The molecule has 1 fully saturated rings. The highest BCUT2D eigenvalue weighted by molar-refractivity contribution is 5.85. The van der Waals surface area contributed by atoms with Crippen LogP contribution in [0.1, 0.15) is 17.4 Å². The summed E-state index contributed by atoms with van der Waals surface area (Å²) < 4.78 is 10.8. The summed E-state index contributed by atoms with van der Waals surface area (Å²) in [5.41, 5.74) is 1.66. The molecule has 16 heavy (non-hydrogen) atoms. The summed E-state index contributed by atoms with van der Waals surface area (Å²) in [5, 5.41) is 8.58. The minimum atomic E-state index is -0.969. The maximum atomic E-state index is 10.5. The van der Waals surface area contributed by atoms with Gasteiger partial charge in [-0.25, -0.2) is 4.79 Å². The highest BCUT2D eigenvalue weighted by Crippen LogP contribution is 2.26. The van der Waals surface area contributed by atoms with E-state index >= 15 is 0 Å². The second-order valence-corrected chi connectivity index (χ2v) is 3.37. The van der Waals surface area contributed by atoms with Gasteiger partial charge in [0.15, 0.2) is 6.29 Å². The molecule has 1 aliphatic heterocycles. The van der Waals surface area contributed by atoms with Crippen molar-refractivity contribution in [2.75, 3.05) is 13.2 Å². The molecule has 4 heteroatoms. The lowest BCUT2D eigenvalue weighted by Gasteiger charge is -2.11. The van der Waals surface area contributed by atoms with Crippen LogP contribution in [0.25, 0.3) is 6.08 Å². The van der Waals surface area contributed by atoms with Crippen LogP contribution in [0.15, 0.2) is 30.3 Å². The standard InChI is InChI=1S/C12H12O4/c13-11(14)6-5-9-3-1-2-4-10(9)12-15-7-8-16-12/h1-6,12H,7-8H2,(H,13,14). The number of rotatable bonds is 3. The molecule has 1 aliphatic rings. The molecule has 1 N–H and O–H groups in total. The van der Waals surface area contributed by atoms with Gasteiger partial charge in [0.05, 0.1) is 13.2 Å². The van der Waals surface area contributed by atoms with Gasteiger partial charge in [-0.05, 0) is 11.6 Å². The van der Waals surface area contributed by atoms with Gasteiger partial charge in [-0.2, -0.15) is 0 Å². The fourth-order valence-electron chi connectivity index (χ4n) is 1.58. The topological polar surface area (TPSA) is 55.8 Å². The Hall–Kier alpha value is -1.65. The monoisotopic (exact) mass is 220 g/mol. The van der Waals surface area contributed by atoms with Crippen molar-refractivity contribution in [3.8, 4) is 0 Å². The molecule has 0 saturated carbocycles. The summed E-state index contributed by atoms with van der Waals surface area (Å²) in [5.74, 6) is -0.969. The van der Waals surface area contributed by atoms with Crippen LogP contribution in [-0.2, 0) is 14.3 Å². The zero-order chi connectivity index (χ0) is 11.4. The molecule has 0 atom stereocenters. The Morgan fingerprint density at radius 2 is 2.00 bits per heavy atom. The quantitative estimate of drug-likeness (QED) is 0.789. The molecule has 1 aromatic rings. The van der Waals surface area contributed by atoms with Gasteiger partial charge >= 0.3 is 5.97 Å². The maximum absolute atomic E-state index is 10.5. The third-order valence-electron chi connectivity index (χ3n) is 2.28. The second-order valence-electron chi connectivity index (χ2n) is 3.37. The van der Waals surface area contributed by atoms with Gasteiger partial charge in [-0.1, -0.05) is 24.3 Å². The van der Waals surface area contributed by atoms with E-state index in [1.807, 2.05) is 24.3 Å². The molecule has 0 spiro atoms. The number of carboxylic acid groups (broad SMARTS) is 1. The van der Waals surface area contributed by atoms with E-state index in [0.29, 0.717) is 13.2 Å². The summed E-state index contributed by atoms with van der Waals surface area (Å²) in [6, 6.07) is 7.43. The van der Waals surface area contributed by atoms with Gasteiger partial charge in [-0.3, -0.25) is 0 Å². The molecule has 0 bridgehead atoms. The van der Waals surface area contributed by atoms with Crippen LogP contribution < -0.4 is 0 Å². The molecule has 0 unspecified atom stereocenters. The zero-order valence-electron chi connectivity index (χ0n) is 8.63. The second kappa shape index (κ2) is 4.92. The van der Waals surface area contributed by atoms with Crippen molar-refractivity contribution < 1.29 is 19.4 Å². The van der Waals surface area contributed by atoms with E-state index in [9.17, 15) is 4.79 Å². The summed E-state index contributed by atoms with van der Waals surface area (Å²) in [6.07, 6.45) is 2.27. The number of carboxylic acids is 1. The number of aliphatic carboxylic acids is 1. The lowest BCUT2D eigenvalue weighted by atomic mass is 10.1. The summed E-state index contributed by atoms with van der Waals surface area (Å²) in [6.45, 7) is 1.14. The SMILES string of the molecule is O=C(O)C=Cc1ccccc1C1OCCO1. The molecule has 1 heterocycles. The largest absolute Gasteiger partial charge is 0.478 e. The lowest BCUT2D eigenvalue weighted by molar-refractivity contribution is -0.131. The van der Waals surface area contributed by atoms with E-state index in [-0.39, 0.29) is 6.29 Å². The van der Waals surface area contributed by atoms with Crippen LogP contribution in [0.2, 0.25) is 0 Å². The molecule has 0 aromatic heterocycles. The van der Waals surface area contributed by atoms with Crippen molar-refractivity contribution in [3.63, 3.8) is 0 Å². The fourth-order valence-corrected chi connectivity index (χ4v) is 1.58. The van der Waals surface area contributed by atoms with Crippen molar-refractivity contribution in [1.82, 2.24) is 0 Å². The molecule has 2 rings (SSSR count). The van der Waals surface area contributed by atoms with E-state index in [4.69, 9.17) is 14.6 Å². The van der Waals surface area contributed by atoms with Crippen molar-refractivity contribution in [2.45, 2.75) is 6.29 Å². The molecule has 84 valence electrons. The lowest BCUT2D eigenvalue weighted by Crippen LogP contribution is -2.00. The van der Waals surface area contributed by atoms with E-state index in [1.165, 1.54) is 0 Å². The number of hydrogen-bond acceptors (Lipinski definition) is 3. The Morgan fingerprint density at radius 3 is 2.69 bits per heavy atom. The van der Waals surface area contributed by atoms with Crippen molar-refractivity contribution in [3.05, 3.63) is 41.5 Å². The Balaban J connectivity index is 2.26. The van der Waals surface area contributed by atoms with Crippen LogP contribution in [0.3, 0.4) is 0 Å². The first-order valence-corrected chi connectivity index (χ1v) is 5.00. The average molecular weight is 220 g/mol. The predicted octanol–water partition coefficient (Wildman–Crippen LogP) is 1.83. The first kappa shape index (κ1) is 10.9. The minimum Gasteiger partial charge on any atom is -0.478 e. The molecule has 1 aromatic carbocycles. The molecular formula is C12H12O4. The zero-order valence-corrected chi connectivity index (χ0v) is 8.63. The Kier molecular flexibility index (Phi) is 3.34. The van der Waals surface area contributed by atoms with Gasteiger partial charge in [0, 0.05) is 11.6 Å². The Morgan fingerprint density at radius 1 is 1.31 bits per heavy atom. The van der Waals surface area contributed by atoms with Gasteiger partial charge in [0.1, 0.15) is 0 Å². The van der Waals surface area contributed by atoms with Crippen LogP contribution in [-0.4, -0.2) is 24.3 Å². The first-order valence-electron chi connectivity index (χ1n) is 5.00. The fraction of sp³-hybridized carbons (Fsp3) is 0.250. The van der Waals surface area contributed by atoms with E-state index in [1.54, 1.807) is 6.08 Å². The van der Waals surface area contributed by atoms with Gasteiger partial charge < -0.3 is 14.6 Å². The average Bonchev–Trinajstić information content (AvgIpc) is 2.80. The van der Waals surface area contributed by atoms with Gasteiger partial charge in [-0.15, -0.1) is 0 Å². The highest BCUT2D eigenvalue weighted by atomic mass is 16.7. The summed E-state index contributed by atoms with van der Waals surface area (Å²) in [7, 11) is 0. The Bertz CT molecular complexity index is 405. The van der Waals surface area contributed by atoms with Crippen LogP contribution >= 0.6 is 0 Å². The molecular weight excluding hydrogens is 208 g/mol. The number of benzene rings is 1. The predicted molar refractivity (Wildman–Crippen MR) is 57.8 cm³/mol.